The summed E-state index contributed by atoms with van der Waals surface area (Å²) in [4.78, 5) is 32.0. The lowest BCUT2D eigenvalue weighted by molar-refractivity contribution is 0.144. The van der Waals surface area contributed by atoms with Crippen LogP contribution in [-0.2, 0) is 4.74 Å². The van der Waals surface area contributed by atoms with Crippen molar-refractivity contribution in [2.45, 2.75) is 27.2 Å². The summed E-state index contributed by atoms with van der Waals surface area (Å²) in [6, 6.07) is 7.10. The van der Waals surface area contributed by atoms with E-state index in [1.807, 2.05) is 32.9 Å². The quantitative estimate of drug-likeness (QED) is 0.473. The summed E-state index contributed by atoms with van der Waals surface area (Å²) in [7, 11) is 3.04. The minimum atomic E-state index is -0.467. The molecule has 2 N–H and O–H groups in total. The third-order valence-corrected chi connectivity index (χ3v) is 5.13. The van der Waals surface area contributed by atoms with Crippen molar-refractivity contribution in [2.75, 3.05) is 34.0 Å². The molecule has 9 heteroatoms. The highest BCUT2D eigenvalue weighted by atomic mass is 16.5. The number of nitrogens with one attached hydrogen (secondary N) is 2. The van der Waals surface area contributed by atoms with Crippen molar-refractivity contribution in [3.63, 3.8) is 0 Å². The molecule has 0 spiro atoms. The van der Waals surface area contributed by atoms with E-state index < -0.39 is 6.09 Å². The summed E-state index contributed by atoms with van der Waals surface area (Å²) in [6.45, 7) is 6.71. The number of amides is 1. The Bertz CT molecular complexity index is 1210. The average Bonchev–Trinajstić information content (AvgIpc) is 2.80. The summed E-state index contributed by atoms with van der Waals surface area (Å²) >= 11 is 0. The zero-order valence-electron chi connectivity index (χ0n) is 19.5. The van der Waals surface area contributed by atoms with E-state index in [-0.39, 0.29) is 12.2 Å². The molecule has 0 unspecified atom stereocenters. The van der Waals surface area contributed by atoms with Crippen LogP contribution in [0.25, 0.3) is 22.3 Å². The highest BCUT2D eigenvalue weighted by Crippen LogP contribution is 2.33. The number of rotatable bonds is 9. The molecule has 0 fully saturated rings. The van der Waals surface area contributed by atoms with Crippen LogP contribution in [0.2, 0.25) is 0 Å². The number of hydrogen-bond acceptors (Lipinski definition) is 7. The SMILES string of the molecule is CCCOC(=O)NCCOc1ccc(C)c(-c2nc3cc(OC)cc(OC)c3c(=O)[nH]2)c1C. The van der Waals surface area contributed by atoms with Crippen LogP contribution in [0.3, 0.4) is 0 Å². The van der Waals surface area contributed by atoms with E-state index in [2.05, 4.69) is 15.3 Å². The van der Waals surface area contributed by atoms with Gasteiger partial charge in [0.25, 0.3) is 5.56 Å². The Morgan fingerprint density at radius 1 is 1.09 bits per heavy atom. The van der Waals surface area contributed by atoms with Crippen molar-refractivity contribution in [1.82, 2.24) is 15.3 Å². The lowest BCUT2D eigenvalue weighted by Crippen LogP contribution is -2.29. The first kappa shape index (κ1) is 23.9. The topological polar surface area (TPSA) is 112 Å². The van der Waals surface area contributed by atoms with Crippen LogP contribution in [0.4, 0.5) is 4.79 Å². The summed E-state index contributed by atoms with van der Waals surface area (Å²) in [5.41, 5.74) is 2.67. The van der Waals surface area contributed by atoms with Crippen molar-refractivity contribution < 1.29 is 23.7 Å². The molecule has 0 atom stereocenters. The zero-order chi connectivity index (χ0) is 24.0. The summed E-state index contributed by atoms with van der Waals surface area (Å²) < 4.78 is 21.5. The van der Waals surface area contributed by atoms with Crippen LogP contribution >= 0.6 is 0 Å². The molecule has 0 radical (unpaired) electrons. The molecule has 1 heterocycles. The van der Waals surface area contributed by atoms with E-state index in [0.717, 1.165) is 23.1 Å². The monoisotopic (exact) mass is 455 g/mol. The number of nitrogens with zero attached hydrogens (tertiary/aromatic N) is 1. The number of hydrogen-bond donors (Lipinski definition) is 2. The van der Waals surface area contributed by atoms with Gasteiger partial charge in [-0.1, -0.05) is 13.0 Å². The fourth-order valence-corrected chi connectivity index (χ4v) is 3.52. The maximum Gasteiger partial charge on any atom is 0.407 e. The number of methoxy groups -OCH3 is 2. The van der Waals surface area contributed by atoms with Gasteiger partial charge < -0.3 is 29.2 Å². The second kappa shape index (κ2) is 10.7. The third-order valence-electron chi connectivity index (χ3n) is 5.13. The second-order valence-electron chi connectivity index (χ2n) is 7.43. The van der Waals surface area contributed by atoms with Gasteiger partial charge >= 0.3 is 6.09 Å². The van der Waals surface area contributed by atoms with Crippen molar-refractivity contribution >= 4 is 17.0 Å². The first-order chi connectivity index (χ1) is 15.9. The van der Waals surface area contributed by atoms with Gasteiger partial charge in [-0.2, -0.15) is 0 Å². The fourth-order valence-electron chi connectivity index (χ4n) is 3.52. The van der Waals surface area contributed by atoms with Gasteiger partial charge in [-0.15, -0.1) is 0 Å². The van der Waals surface area contributed by atoms with Gasteiger partial charge in [0.1, 0.15) is 35.1 Å². The molecule has 33 heavy (non-hydrogen) atoms. The van der Waals surface area contributed by atoms with Crippen molar-refractivity contribution in [2.24, 2.45) is 0 Å². The number of aromatic nitrogens is 2. The van der Waals surface area contributed by atoms with E-state index in [9.17, 15) is 9.59 Å². The summed E-state index contributed by atoms with van der Waals surface area (Å²) in [5.74, 6) is 1.98. The van der Waals surface area contributed by atoms with Gasteiger partial charge in [-0.25, -0.2) is 9.78 Å². The van der Waals surface area contributed by atoms with Crippen LogP contribution in [0, 0.1) is 13.8 Å². The summed E-state index contributed by atoms with van der Waals surface area (Å²) in [6.07, 6.45) is 0.297. The molecule has 0 aliphatic carbocycles. The average molecular weight is 456 g/mol. The maximum atomic E-state index is 12.9. The van der Waals surface area contributed by atoms with Crippen LogP contribution in [-0.4, -0.2) is 50.0 Å². The molecule has 9 nitrogen and oxygen atoms in total. The normalized spacial score (nSPS) is 10.7. The number of fused-ring (bicyclic) bond motifs is 1. The standard InChI is InChI=1S/C24H29N3O6/c1-6-10-33-24(29)25-9-11-32-18-8-7-14(2)20(15(18)3)22-26-17-12-16(30-4)13-19(31-5)21(17)23(28)27-22/h7-8,12-13H,6,9-11H2,1-5H3,(H,25,29)(H,26,27,28). The number of H-pyrrole nitrogens is 1. The summed E-state index contributed by atoms with van der Waals surface area (Å²) in [5, 5.41) is 3.00. The predicted molar refractivity (Wildman–Crippen MR) is 126 cm³/mol. The van der Waals surface area contributed by atoms with Gasteiger partial charge in [0, 0.05) is 23.3 Å². The van der Waals surface area contributed by atoms with Crippen molar-refractivity contribution in [3.05, 3.63) is 45.7 Å². The molecule has 0 saturated carbocycles. The second-order valence-corrected chi connectivity index (χ2v) is 7.43. The Kier molecular flexibility index (Phi) is 7.76. The van der Waals surface area contributed by atoms with Crippen LogP contribution < -0.4 is 25.1 Å². The molecule has 0 aliphatic rings. The number of carbonyl (C=O) groups excluding carboxylic acids is 1. The molecular formula is C24H29N3O6. The molecular weight excluding hydrogens is 426 g/mol. The van der Waals surface area contributed by atoms with Crippen molar-refractivity contribution in [1.29, 1.82) is 0 Å². The molecule has 3 aromatic rings. The predicted octanol–water partition coefficient (Wildman–Crippen LogP) is 3.74. The Hall–Kier alpha value is -3.75. The Morgan fingerprint density at radius 2 is 1.88 bits per heavy atom. The number of benzene rings is 2. The van der Waals surface area contributed by atoms with E-state index in [1.165, 1.54) is 7.11 Å². The first-order valence-electron chi connectivity index (χ1n) is 10.7. The molecule has 176 valence electrons. The van der Waals surface area contributed by atoms with Gasteiger partial charge in [0.2, 0.25) is 0 Å². The minimum Gasteiger partial charge on any atom is -0.497 e. The number of ether oxygens (including phenoxy) is 4. The molecule has 0 saturated heterocycles. The van der Waals surface area contributed by atoms with Gasteiger partial charge in [0.05, 0.1) is 32.9 Å². The van der Waals surface area contributed by atoms with Gasteiger partial charge in [0.15, 0.2) is 0 Å². The van der Waals surface area contributed by atoms with Gasteiger partial charge in [-0.3, -0.25) is 4.79 Å². The first-order valence-corrected chi connectivity index (χ1v) is 10.7. The molecule has 1 aromatic heterocycles. The molecule has 2 aromatic carbocycles. The van der Waals surface area contributed by atoms with Crippen LogP contribution in [0.1, 0.15) is 24.5 Å². The Labute approximate surface area is 192 Å². The largest absolute Gasteiger partial charge is 0.497 e. The van der Waals surface area contributed by atoms with E-state index >= 15 is 0 Å². The lowest BCUT2D eigenvalue weighted by Gasteiger charge is -2.16. The van der Waals surface area contributed by atoms with Crippen LogP contribution in [0.5, 0.6) is 17.2 Å². The highest BCUT2D eigenvalue weighted by Gasteiger charge is 2.17. The maximum absolute atomic E-state index is 12.9. The number of aryl methyl sites for hydroxylation is 1. The number of alkyl carbamates (subject to hydrolysis) is 1. The van der Waals surface area contributed by atoms with Crippen molar-refractivity contribution in [3.8, 4) is 28.6 Å². The molecule has 0 aliphatic heterocycles. The molecule has 3 rings (SSSR count). The fraction of sp³-hybridized carbons (Fsp3) is 0.375. The minimum absolute atomic E-state index is 0.265. The molecule has 0 bridgehead atoms. The van der Waals surface area contributed by atoms with E-state index in [4.69, 9.17) is 18.9 Å². The smallest absolute Gasteiger partial charge is 0.407 e. The lowest BCUT2D eigenvalue weighted by atomic mass is 10.0. The van der Waals surface area contributed by atoms with E-state index in [0.29, 0.717) is 47.1 Å². The van der Waals surface area contributed by atoms with E-state index in [1.54, 1.807) is 19.2 Å². The number of aromatic amines is 1. The zero-order valence-corrected chi connectivity index (χ0v) is 19.5. The van der Waals surface area contributed by atoms with Gasteiger partial charge in [-0.05, 0) is 31.9 Å². The Balaban J connectivity index is 1.90. The highest BCUT2D eigenvalue weighted by molar-refractivity contribution is 5.87. The van der Waals surface area contributed by atoms with Crippen LogP contribution in [0.15, 0.2) is 29.1 Å². The Morgan fingerprint density at radius 3 is 2.58 bits per heavy atom. The third kappa shape index (κ3) is 5.36. The number of carbonyl (C=O) groups is 1. The molecule has 1 amide bonds.